The number of carbonyl (C=O) groups excluding carboxylic acids is 1. The Hall–Kier alpha value is -2.43. The molecule has 0 spiro atoms. The Morgan fingerprint density at radius 2 is 1.95 bits per heavy atom. The number of hydrogen-bond acceptors (Lipinski definition) is 3. The molecule has 0 aliphatic rings. The van der Waals surface area contributed by atoms with Crippen LogP contribution in [0.4, 0.5) is 10.5 Å². The predicted molar refractivity (Wildman–Crippen MR) is 81.6 cm³/mol. The van der Waals surface area contributed by atoms with Crippen LogP contribution in [-0.4, -0.2) is 12.6 Å². The van der Waals surface area contributed by atoms with Crippen molar-refractivity contribution in [3.05, 3.63) is 47.9 Å². The maximum Gasteiger partial charge on any atom is 0.319 e. The molecule has 0 bridgehead atoms. The molecule has 0 saturated carbocycles. The molecule has 1 aromatic heterocycles. The molecule has 0 radical (unpaired) electrons. The summed E-state index contributed by atoms with van der Waals surface area (Å²) in [6.45, 7) is 6.29. The van der Waals surface area contributed by atoms with E-state index in [2.05, 4.69) is 10.6 Å². The van der Waals surface area contributed by atoms with Crippen LogP contribution in [0.3, 0.4) is 0 Å². The van der Waals surface area contributed by atoms with E-state index in [4.69, 9.17) is 9.15 Å². The second kappa shape index (κ2) is 6.83. The van der Waals surface area contributed by atoms with Gasteiger partial charge in [0.05, 0.1) is 12.6 Å². The second-order valence-corrected chi connectivity index (χ2v) is 4.73. The molecule has 2 aromatic rings. The van der Waals surface area contributed by atoms with Crippen LogP contribution in [0, 0.1) is 6.92 Å². The highest BCUT2D eigenvalue weighted by atomic mass is 16.5. The topological polar surface area (TPSA) is 63.5 Å². The van der Waals surface area contributed by atoms with Gasteiger partial charge in [-0.05, 0) is 57.2 Å². The minimum atomic E-state index is -0.277. The lowest BCUT2D eigenvalue weighted by molar-refractivity contribution is 0.247. The molecule has 1 atom stereocenters. The van der Waals surface area contributed by atoms with E-state index in [0.717, 1.165) is 17.3 Å². The van der Waals surface area contributed by atoms with Crippen LogP contribution in [0.25, 0.3) is 0 Å². The molecule has 112 valence electrons. The Balaban J connectivity index is 1.89. The fourth-order valence-electron chi connectivity index (χ4n) is 1.92. The normalized spacial score (nSPS) is 11.8. The molecule has 2 rings (SSSR count). The van der Waals surface area contributed by atoms with Gasteiger partial charge in [0, 0.05) is 5.69 Å². The molecule has 0 aliphatic carbocycles. The zero-order valence-electron chi connectivity index (χ0n) is 12.5. The number of hydrogen-bond donors (Lipinski definition) is 2. The molecule has 0 saturated heterocycles. The van der Waals surface area contributed by atoms with Gasteiger partial charge in [0.25, 0.3) is 0 Å². The first-order valence-corrected chi connectivity index (χ1v) is 6.95. The number of urea groups is 1. The van der Waals surface area contributed by atoms with Gasteiger partial charge >= 0.3 is 6.03 Å². The number of benzene rings is 1. The van der Waals surface area contributed by atoms with E-state index in [1.54, 1.807) is 12.1 Å². The van der Waals surface area contributed by atoms with Crippen LogP contribution in [0.15, 0.2) is 40.8 Å². The van der Waals surface area contributed by atoms with Crippen molar-refractivity contribution >= 4 is 11.7 Å². The van der Waals surface area contributed by atoms with Crippen molar-refractivity contribution in [1.82, 2.24) is 5.32 Å². The number of amides is 2. The highest BCUT2D eigenvalue weighted by Crippen LogP contribution is 2.17. The zero-order valence-corrected chi connectivity index (χ0v) is 12.5. The van der Waals surface area contributed by atoms with Crippen LogP contribution in [0.1, 0.15) is 31.4 Å². The Kier molecular flexibility index (Phi) is 4.87. The maximum atomic E-state index is 11.9. The molecule has 0 unspecified atom stereocenters. The summed E-state index contributed by atoms with van der Waals surface area (Å²) in [6.07, 6.45) is 0. The monoisotopic (exact) mass is 288 g/mol. The van der Waals surface area contributed by atoms with Crippen molar-refractivity contribution < 1.29 is 13.9 Å². The van der Waals surface area contributed by atoms with E-state index >= 15 is 0 Å². The van der Waals surface area contributed by atoms with Gasteiger partial charge in [0.15, 0.2) is 0 Å². The van der Waals surface area contributed by atoms with Gasteiger partial charge in [0.2, 0.25) is 0 Å². The van der Waals surface area contributed by atoms with Crippen LogP contribution in [0.5, 0.6) is 5.75 Å². The highest BCUT2D eigenvalue weighted by molar-refractivity contribution is 5.89. The molecule has 0 aliphatic heterocycles. The van der Waals surface area contributed by atoms with Crippen LogP contribution >= 0.6 is 0 Å². The minimum Gasteiger partial charge on any atom is -0.494 e. The third kappa shape index (κ3) is 4.27. The van der Waals surface area contributed by atoms with E-state index in [-0.39, 0.29) is 12.1 Å². The molecule has 2 N–H and O–H groups in total. The Morgan fingerprint density at radius 3 is 2.52 bits per heavy atom. The number of aryl methyl sites for hydroxylation is 1. The third-order valence-electron chi connectivity index (χ3n) is 2.96. The molecule has 2 amide bonds. The quantitative estimate of drug-likeness (QED) is 0.877. The zero-order chi connectivity index (χ0) is 15.2. The standard InChI is InChI=1S/C16H20N2O3/c1-4-20-14-8-6-13(7-9-14)18-16(19)17-12(3)15-10-5-11(2)21-15/h5-10,12H,4H2,1-3H3,(H2,17,18,19)/t12-/m1/s1. The summed E-state index contributed by atoms with van der Waals surface area (Å²) in [5, 5.41) is 5.59. The molecule has 1 aromatic carbocycles. The Labute approximate surface area is 124 Å². The Bertz CT molecular complexity index is 590. The summed E-state index contributed by atoms with van der Waals surface area (Å²) in [5.74, 6) is 2.34. The molecule has 21 heavy (non-hydrogen) atoms. The lowest BCUT2D eigenvalue weighted by atomic mass is 10.2. The molecule has 0 fully saturated rings. The first-order chi connectivity index (χ1) is 10.1. The van der Waals surface area contributed by atoms with Gasteiger partial charge < -0.3 is 19.8 Å². The fourth-order valence-corrected chi connectivity index (χ4v) is 1.92. The van der Waals surface area contributed by atoms with Gasteiger partial charge in [-0.2, -0.15) is 0 Å². The summed E-state index contributed by atoms with van der Waals surface area (Å²) >= 11 is 0. The Morgan fingerprint density at radius 1 is 1.24 bits per heavy atom. The van der Waals surface area contributed by atoms with Gasteiger partial charge in [0.1, 0.15) is 17.3 Å². The summed E-state index contributed by atoms with van der Waals surface area (Å²) in [4.78, 5) is 11.9. The second-order valence-electron chi connectivity index (χ2n) is 4.73. The summed E-state index contributed by atoms with van der Waals surface area (Å²) in [6, 6.07) is 10.5. The minimum absolute atomic E-state index is 0.193. The first kappa shape index (κ1) is 15.0. The number of nitrogens with one attached hydrogen (secondary N) is 2. The van der Waals surface area contributed by atoms with Crippen molar-refractivity contribution in [2.75, 3.05) is 11.9 Å². The fraction of sp³-hybridized carbons (Fsp3) is 0.312. The first-order valence-electron chi connectivity index (χ1n) is 6.95. The van der Waals surface area contributed by atoms with Gasteiger partial charge in [-0.25, -0.2) is 4.79 Å². The van der Waals surface area contributed by atoms with Crippen molar-refractivity contribution in [1.29, 1.82) is 0 Å². The number of rotatable bonds is 5. The van der Waals surface area contributed by atoms with Gasteiger partial charge in [-0.1, -0.05) is 0 Å². The molecular formula is C16H20N2O3. The number of furan rings is 1. The van der Waals surface area contributed by atoms with E-state index in [1.807, 2.05) is 45.0 Å². The SMILES string of the molecule is CCOc1ccc(NC(=O)N[C@H](C)c2ccc(C)o2)cc1. The lowest BCUT2D eigenvalue weighted by Crippen LogP contribution is -2.30. The van der Waals surface area contributed by atoms with E-state index in [9.17, 15) is 4.79 Å². The maximum absolute atomic E-state index is 11.9. The predicted octanol–water partition coefficient (Wildman–Crippen LogP) is 3.87. The van der Waals surface area contributed by atoms with Crippen LogP contribution in [0.2, 0.25) is 0 Å². The van der Waals surface area contributed by atoms with E-state index in [0.29, 0.717) is 12.3 Å². The molecule has 1 heterocycles. The van der Waals surface area contributed by atoms with E-state index in [1.165, 1.54) is 0 Å². The average molecular weight is 288 g/mol. The smallest absolute Gasteiger partial charge is 0.319 e. The van der Waals surface area contributed by atoms with Crippen molar-refractivity contribution in [3.8, 4) is 5.75 Å². The van der Waals surface area contributed by atoms with Gasteiger partial charge in [-0.3, -0.25) is 0 Å². The average Bonchev–Trinajstić information content (AvgIpc) is 2.88. The number of ether oxygens (including phenoxy) is 1. The van der Waals surface area contributed by atoms with Crippen molar-refractivity contribution in [2.45, 2.75) is 26.8 Å². The van der Waals surface area contributed by atoms with E-state index < -0.39 is 0 Å². The highest BCUT2D eigenvalue weighted by Gasteiger charge is 2.12. The van der Waals surface area contributed by atoms with Crippen molar-refractivity contribution in [3.63, 3.8) is 0 Å². The lowest BCUT2D eigenvalue weighted by Gasteiger charge is -2.13. The van der Waals surface area contributed by atoms with Gasteiger partial charge in [-0.15, -0.1) is 0 Å². The van der Waals surface area contributed by atoms with Crippen LogP contribution in [-0.2, 0) is 0 Å². The van der Waals surface area contributed by atoms with Crippen molar-refractivity contribution in [2.24, 2.45) is 0 Å². The molecular weight excluding hydrogens is 268 g/mol. The summed E-state index contributed by atoms with van der Waals surface area (Å²) in [5.41, 5.74) is 0.707. The number of carbonyl (C=O) groups is 1. The summed E-state index contributed by atoms with van der Waals surface area (Å²) in [7, 11) is 0. The molecule has 5 nitrogen and oxygen atoms in total. The molecule has 5 heteroatoms. The largest absolute Gasteiger partial charge is 0.494 e. The summed E-state index contributed by atoms with van der Waals surface area (Å²) < 4.78 is 10.8. The third-order valence-corrected chi connectivity index (χ3v) is 2.96. The van der Waals surface area contributed by atoms with Crippen LogP contribution < -0.4 is 15.4 Å². The number of anilines is 1.